The van der Waals surface area contributed by atoms with E-state index in [4.69, 9.17) is 61.8 Å². The van der Waals surface area contributed by atoms with Crippen molar-refractivity contribution >= 4 is 102 Å². The Morgan fingerprint density at radius 1 is 0.852 bits per heavy atom. The van der Waals surface area contributed by atoms with E-state index in [1.54, 1.807) is 70.7 Å². The van der Waals surface area contributed by atoms with Crippen LogP contribution in [0.25, 0.3) is 0 Å². The number of carbonyl (C=O) groups excluding carboxylic acids is 6. The van der Waals surface area contributed by atoms with E-state index in [1.807, 2.05) is 36.4 Å². The molecule has 4 aliphatic heterocycles. The van der Waals surface area contributed by atoms with Gasteiger partial charge >= 0.3 is 12.1 Å². The lowest BCUT2D eigenvalue weighted by molar-refractivity contribution is -0.336. The van der Waals surface area contributed by atoms with Crippen LogP contribution in [-0.2, 0) is 57.2 Å². The number of hydrazone groups is 1. The van der Waals surface area contributed by atoms with E-state index >= 15 is 0 Å². The number of hydroxylamine groups is 1. The molecule has 9 rings (SSSR count). The highest BCUT2D eigenvalue weighted by Crippen LogP contribution is 2.50. The predicted molar refractivity (Wildman–Crippen MR) is 425 cm³/mol. The van der Waals surface area contributed by atoms with Gasteiger partial charge < -0.3 is 108 Å². The summed E-state index contributed by atoms with van der Waals surface area (Å²) in [6.45, 7) is 14.4. The number of ether oxygens (including phenoxy) is 11. The standard InChI is InChI=1S/C77H99IN6O28S3/c1-13-83(43(7)87)49-37-104-57(31-45(49)35-85)109-69-66(96)62(82-111-58-32-50(88)71(42(6)105-58)114-72(97)59-38(2)61(78)68(70(101-11)67(59)100-10)110-73-65(95)47(36-86)64(94)41(5)107-73)40(4)106-74(69)108-52-19-16-14-15-17-28-77(99)33-51(89)63(79-75(98)102-12)60(52)48(77)27-30-113-115-76(8,9)34-53(90)81-80-39(3)44-21-23-46(24-22-44)103-29-18-20-56(93)112-84-54(91)25-26-55(84)92/h14-15,21-26,40-42,45,47,49-50,52,57-58,62,64-66,69,71,73-74,82,85-86,88,91-92,94-96,99H,13,18,20,27,29-37H2,1-12H3,(H,81,90)/b15-14+,79-63?,80-39?/t40?,41?,42?,45?,47?,49?,50?,52-,57?,58?,62?,64?,65?,66?,69?,71?,73?,74?,77-/m0/s1. The maximum absolute atomic E-state index is 14.6. The number of aliphatic hydroxyl groups excluding tert-OH is 6. The number of rotatable bonds is 32. The number of aromatic hydroxyl groups is 2. The molecule has 6 aliphatic rings. The first-order valence-electron chi connectivity index (χ1n) is 37.1. The second kappa shape index (κ2) is 41.5. The van der Waals surface area contributed by atoms with E-state index in [-0.39, 0.29) is 97.4 Å². The summed E-state index contributed by atoms with van der Waals surface area (Å²) in [5.74, 6) is 7.47. The Labute approximate surface area is 690 Å². The van der Waals surface area contributed by atoms with Crippen molar-refractivity contribution in [1.29, 1.82) is 0 Å². The number of fused-ring (bicyclic) bond motifs is 1. The van der Waals surface area contributed by atoms with Crippen molar-refractivity contribution < 1.29 is 137 Å². The third kappa shape index (κ3) is 22.6. The molecule has 630 valence electrons. The van der Waals surface area contributed by atoms with Gasteiger partial charge in [0.05, 0.1) is 117 Å². The highest BCUT2D eigenvalue weighted by atomic mass is 127. The summed E-state index contributed by atoms with van der Waals surface area (Å²) in [5, 5.41) is 102. The number of allylic oxidation sites excluding steroid dienone is 2. The zero-order valence-electron chi connectivity index (χ0n) is 65.4. The van der Waals surface area contributed by atoms with Gasteiger partial charge in [0.2, 0.25) is 40.7 Å². The molecule has 4 saturated heterocycles. The van der Waals surface area contributed by atoms with Crippen LogP contribution in [0.5, 0.6) is 34.8 Å². The van der Waals surface area contributed by atoms with E-state index in [1.165, 1.54) is 67.0 Å². The van der Waals surface area contributed by atoms with Crippen LogP contribution in [0.3, 0.4) is 0 Å². The number of nitrogens with one attached hydrogen (secondary N) is 2. The van der Waals surface area contributed by atoms with Gasteiger partial charge in [-0.25, -0.2) is 15.0 Å². The molecule has 11 N–H and O–H groups in total. The molecule has 19 atom stereocenters. The Hall–Kier alpha value is -7.14. The van der Waals surface area contributed by atoms with Crippen molar-refractivity contribution in [1.82, 2.24) is 20.5 Å². The number of thioether (sulfide) groups is 1. The molecule has 2 aromatic carbocycles. The summed E-state index contributed by atoms with van der Waals surface area (Å²) in [4.78, 5) is 97.7. The number of hydrogen-bond donors (Lipinski definition) is 11. The molecule has 34 nitrogen and oxygen atoms in total. The van der Waals surface area contributed by atoms with Crippen LogP contribution in [0.15, 0.2) is 69.8 Å². The molecule has 0 saturated carbocycles. The molecule has 0 spiro atoms. The van der Waals surface area contributed by atoms with Crippen LogP contribution >= 0.6 is 55.9 Å². The third-order valence-electron chi connectivity index (χ3n) is 19.9. The van der Waals surface area contributed by atoms with Gasteiger partial charge in [0.1, 0.15) is 35.9 Å². The normalized spacial score (nSPS) is 29.5. The highest BCUT2D eigenvalue weighted by molar-refractivity contribution is 14.1. The quantitative estimate of drug-likeness (QED) is 0.0103. The summed E-state index contributed by atoms with van der Waals surface area (Å²) in [6, 6.07) is 7.43. The zero-order valence-corrected chi connectivity index (χ0v) is 70.0. The van der Waals surface area contributed by atoms with Crippen LogP contribution in [0.1, 0.15) is 122 Å². The Kier molecular flexibility index (Phi) is 33.1. The van der Waals surface area contributed by atoms with E-state index in [0.29, 0.717) is 37.4 Å². The minimum absolute atomic E-state index is 0.0138. The number of aliphatic imine (C=N–C) groups is 1. The minimum atomic E-state index is -2.23. The van der Waals surface area contributed by atoms with E-state index in [9.17, 15) is 74.7 Å². The van der Waals surface area contributed by atoms with Gasteiger partial charge in [-0.05, 0) is 144 Å². The fourth-order valence-electron chi connectivity index (χ4n) is 13.9. The van der Waals surface area contributed by atoms with Crippen LogP contribution in [-0.4, -0.2) is 270 Å². The monoisotopic (exact) mass is 1780 g/mol. The molecule has 3 aromatic rings. The number of amides is 3. The fraction of sp³-hybridized carbons (Fsp3) is 0.584. The zero-order chi connectivity index (χ0) is 83.9. The molecule has 2 bridgehead atoms. The number of ketones is 1. The number of methoxy groups -OCH3 is 3. The smallest absolute Gasteiger partial charge is 0.433 e. The number of nitrogens with zero attached hydrogens (tertiary/aromatic N) is 4. The van der Waals surface area contributed by atoms with Gasteiger partial charge in [0.25, 0.3) is 0 Å². The number of aliphatic hydroxyl groups is 7. The largest absolute Gasteiger partial charge is 0.494 e. The summed E-state index contributed by atoms with van der Waals surface area (Å²) >= 11 is 2.73. The van der Waals surface area contributed by atoms with Gasteiger partial charge in [-0.3, -0.25) is 24.0 Å². The average molecular weight is 1780 g/mol. The van der Waals surface area contributed by atoms with Crippen LogP contribution in [0.4, 0.5) is 4.79 Å². The van der Waals surface area contributed by atoms with E-state index in [2.05, 4.69) is 44.7 Å². The van der Waals surface area contributed by atoms with Crippen LogP contribution in [0.2, 0.25) is 0 Å². The average Bonchev–Trinajstić information content (AvgIpc) is 0.827. The van der Waals surface area contributed by atoms with Crippen molar-refractivity contribution in [3.63, 3.8) is 0 Å². The predicted octanol–water partition coefficient (Wildman–Crippen LogP) is 4.46. The minimum Gasteiger partial charge on any atom is -0.494 e. The summed E-state index contributed by atoms with van der Waals surface area (Å²) in [6.07, 6.45) is -16.4. The Bertz CT molecular complexity index is 4210. The Morgan fingerprint density at radius 2 is 1.55 bits per heavy atom. The summed E-state index contributed by atoms with van der Waals surface area (Å²) < 4.78 is 67.3. The molecule has 115 heavy (non-hydrogen) atoms. The molecular formula is C77H99IN6O28S3. The molecule has 3 amide bonds. The van der Waals surface area contributed by atoms with Crippen molar-refractivity contribution in [2.75, 3.05) is 60.1 Å². The number of halogens is 1. The number of benzene rings is 2. The van der Waals surface area contributed by atoms with E-state index in [0.717, 1.165) is 18.9 Å². The number of Topliss-reactive ketones (excluding diaryl/α,β-unsaturated/α-hetero) is 1. The second-order valence-corrected chi connectivity index (χ2v) is 33.8. The molecule has 38 heteroatoms. The molecule has 0 radical (unpaired) electrons. The van der Waals surface area contributed by atoms with Crippen LogP contribution < -0.4 is 34.7 Å². The molecule has 1 aromatic heterocycles. The SMILES string of the molecule is CCN(C(C)=O)C1COC(OC2C(O[C@H]3C#C/C=C/C#C[C@]4(O)CC(=O)C(=NC(=O)OC)C3=C4CCSSC(C)(C)CC(=O)NN=C(C)c3ccc(OCCCC(=O)On4c(O)ccc4O)cc3)OC(C)C(NOC3CC(O)C(SC(=O)c4c(C)c(I)c(OC5OC(C)C(O)C(CO)C5O)c(OC)c4OC)C(C)O3)C2O)CC1CO. The molecule has 4 fully saturated rings. The molecule has 2 aliphatic carbocycles. The van der Waals surface area contributed by atoms with Gasteiger partial charge in [-0.15, -0.1) is 4.73 Å². The van der Waals surface area contributed by atoms with Crippen molar-refractivity contribution in [3.05, 3.63) is 80.0 Å². The first-order chi connectivity index (χ1) is 54.7. The van der Waals surface area contributed by atoms with Gasteiger partial charge in [0.15, 0.2) is 41.8 Å². The summed E-state index contributed by atoms with van der Waals surface area (Å²) in [5.41, 5.74) is 4.31. The van der Waals surface area contributed by atoms with Crippen molar-refractivity contribution in [2.24, 2.45) is 21.9 Å². The first-order valence-corrected chi connectivity index (χ1v) is 41.3. The van der Waals surface area contributed by atoms with Gasteiger partial charge in [-0.1, -0.05) is 57.0 Å². The van der Waals surface area contributed by atoms with Gasteiger partial charge in [-0.2, -0.15) is 15.6 Å². The summed E-state index contributed by atoms with van der Waals surface area (Å²) in [7, 11) is 6.38. The van der Waals surface area contributed by atoms with Crippen molar-refractivity contribution in [3.8, 4) is 58.4 Å². The first kappa shape index (κ1) is 91.8. The lowest BCUT2D eigenvalue weighted by atomic mass is 9.74. The molecule has 17 unspecified atom stereocenters. The van der Waals surface area contributed by atoms with Crippen molar-refractivity contribution in [2.45, 2.75) is 215 Å². The molecular weight excluding hydrogens is 1680 g/mol. The highest BCUT2D eigenvalue weighted by Gasteiger charge is 2.53. The van der Waals surface area contributed by atoms with E-state index < -0.39 is 186 Å². The third-order valence-corrected chi connectivity index (χ3v) is 25.9. The Balaban J connectivity index is 0.901. The number of aromatic nitrogens is 1. The fourth-order valence-corrected chi connectivity index (χ4v) is 18.2. The maximum atomic E-state index is 14.6. The lowest BCUT2D eigenvalue weighted by Gasteiger charge is -2.47. The number of carbonyl (C=O) groups is 6. The Morgan fingerprint density at radius 3 is 2.20 bits per heavy atom. The second-order valence-electron chi connectivity index (χ2n) is 28.5. The lowest BCUT2D eigenvalue weighted by Crippen LogP contribution is -2.65. The number of hydrogen-bond acceptors (Lipinski definition) is 33. The molecule has 5 heterocycles. The van der Waals surface area contributed by atoms with Gasteiger partial charge in [0, 0.05) is 79.4 Å². The van der Waals surface area contributed by atoms with Crippen LogP contribution in [0, 0.1) is 46.0 Å². The topological polar surface area (TPSA) is 461 Å². The maximum Gasteiger partial charge on any atom is 0.433 e. The number of likely N-dealkylation sites (N-methyl/N-ethyl adjacent to an activating group) is 1.